The highest BCUT2D eigenvalue weighted by molar-refractivity contribution is 7.08. The van der Waals surface area contributed by atoms with Crippen LogP contribution in [-0.4, -0.2) is 23.3 Å². The lowest BCUT2D eigenvalue weighted by atomic mass is 10.0. The van der Waals surface area contributed by atoms with Gasteiger partial charge >= 0.3 is 5.97 Å². The number of aromatic amines is 1. The van der Waals surface area contributed by atoms with Gasteiger partial charge in [0.15, 0.2) is 6.61 Å². The number of thiophene rings is 1. The predicted molar refractivity (Wildman–Crippen MR) is 112 cm³/mol. The summed E-state index contributed by atoms with van der Waals surface area (Å²) in [5.74, 6) is -0.783. The zero-order chi connectivity index (χ0) is 19.3. The number of nitrogens with one attached hydrogen (secondary N) is 1. The standard InChI is InChI=1S/C23H17NO3S/c25-20(14-27-21(26)11-10-16-12-13-28-15-16)22-18-8-4-5-9-19(18)24-23(22)17-6-2-1-3-7-17/h1-13,15,24H,14H2/b11-10+. The fourth-order valence-electron chi connectivity index (χ4n) is 3.04. The van der Waals surface area contributed by atoms with Crippen LogP contribution >= 0.6 is 11.3 Å². The number of aromatic nitrogens is 1. The minimum absolute atomic E-state index is 0.242. The van der Waals surface area contributed by atoms with Crippen LogP contribution < -0.4 is 0 Å². The van der Waals surface area contributed by atoms with Gasteiger partial charge in [0, 0.05) is 17.0 Å². The molecule has 0 amide bonds. The second-order valence-electron chi connectivity index (χ2n) is 6.21. The van der Waals surface area contributed by atoms with Crippen molar-refractivity contribution in [1.82, 2.24) is 4.98 Å². The van der Waals surface area contributed by atoms with Crippen LogP contribution in [0.5, 0.6) is 0 Å². The van der Waals surface area contributed by atoms with Gasteiger partial charge in [0.2, 0.25) is 5.78 Å². The van der Waals surface area contributed by atoms with E-state index in [9.17, 15) is 9.59 Å². The van der Waals surface area contributed by atoms with Gasteiger partial charge in [0.05, 0.1) is 11.3 Å². The Morgan fingerprint density at radius 1 is 1.00 bits per heavy atom. The minimum atomic E-state index is -0.541. The summed E-state index contributed by atoms with van der Waals surface area (Å²) < 4.78 is 5.18. The summed E-state index contributed by atoms with van der Waals surface area (Å²) in [6, 6.07) is 19.2. The van der Waals surface area contributed by atoms with E-state index in [4.69, 9.17) is 4.74 Å². The molecule has 0 fully saturated rings. The zero-order valence-electron chi connectivity index (χ0n) is 14.9. The molecule has 0 aliphatic carbocycles. The average Bonchev–Trinajstić information content (AvgIpc) is 3.38. The predicted octanol–water partition coefficient (Wildman–Crippen LogP) is 5.34. The Balaban J connectivity index is 1.57. The molecule has 0 spiro atoms. The number of Topliss-reactive ketones (excluding diaryl/α,β-unsaturated/α-hetero) is 1. The van der Waals surface area contributed by atoms with E-state index in [1.54, 1.807) is 17.4 Å². The lowest BCUT2D eigenvalue weighted by molar-refractivity contribution is -0.136. The van der Waals surface area contributed by atoms with Crippen molar-refractivity contribution in [3.05, 3.63) is 88.6 Å². The van der Waals surface area contributed by atoms with Crippen LogP contribution in [-0.2, 0) is 9.53 Å². The smallest absolute Gasteiger partial charge is 0.331 e. The third kappa shape index (κ3) is 3.80. The lowest BCUT2D eigenvalue weighted by Gasteiger charge is -2.05. The summed E-state index contributed by atoms with van der Waals surface area (Å²) in [5, 5.41) is 4.67. The summed E-state index contributed by atoms with van der Waals surface area (Å²) in [6.45, 7) is -0.311. The third-order valence-electron chi connectivity index (χ3n) is 4.35. The number of carbonyl (C=O) groups is 2. The van der Waals surface area contributed by atoms with E-state index in [0.29, 0.717) is 5.56 Å². The molecule has 0 saturated carbocycles. The van der Waals surface area contributed by atoms with Gasteiger partial charge in [-0.1, -0.05) is 48.5 Å². The van der Waals surface area contributed by atoms with Crippen molar-refractivity contribution < 1.29 is 14.3 Å². The molecule has 4 aromatic rings. The highest BCUT2D eigenvalue weighted by atomic mass is 32.1. The number of ether oxygens (including phenoxy) is 1. The van der Waals surface area contributed by atoms with E-state index in [1.807, 2.05) is 71.4 Å². The molecule has 28 heavy (non-hydrogen) atoms. The second kappa shape index (κ2) is 8.06. The first-order chi connectivity index (χ1) is 13.7. The third-order valence-corrected chi connectivity index (χ3v) is 5.05. The number of hydrogen-bond acceptors (Lipinski definition) is 4. The number of benzene rings is 2. The van der Waals surface area contributed by atoms with Crippen molar-refractivity contribution in [1.29, 1.82) is 0 Å². The molecule has 0 aliphatic rings. The van der Waals surface area contributed by atoms with E-state index in [0.717, 1.165) is 27.7 Å². The van der Waals surface area contributed by atoms with Crippen LogP contribution in [0.2, 0.25) is 0 Å². The molecule has 2 aromatic heterocycles. The first-order valence-electron chi connectivity index (χ1n) is 8.79. The molecule has 0 saturated heterocycles. The lowest BCUT2D eigenvalue weighted by Crippen LogP contribution is -2.13. The fraction of sp³-hybridized carbons (Fsp3) is 0.0435. The van der Waals surface area contributed by atoms with Crippen molar-refractivity contribution in [3.63, 3.8) is 0 Å². The van der Waals surface area contributed by atoms with E-state index in [-0.39, 0.29) is 12.4 Å². The molecular formula is C23H17NO3S. The van der Waals surface area contributed by atoms with E-state index in [2.05, 4.69) is 4.98 Å². The first kappa shape index (κ1) is 17.9. The van der Waals surface area contributed by atoms with Crippen LogP contribution in [0.3, 0.4) is 0 Å². The van der Waals surface area contributed by atoms with Crippen molar-refractivity contribution in [2.45, 2.75) is 0 Å². The number of H-pyrrole nitrogens is 1. The zero-order valence-corrected chi connectivity index (χ0v) is 15.7. The minimum Gasteiger partial charge on any atom is -0.454 e. The molecule has 0 bridgehead atoms. The maximum Gasteiger partial charge on any atom is 0.331 e. The van der Waals surface area contributed by atoms with Crippen molar-refractivity contribution in [2.75, 3.05) is 6.61 Å². The normalized spacial score (nSPS) is 11.1. The van der Waals surface area contributed by atoms with E-state index >= 15 is 0 Å². The maximum atomic E-state index is 12.9. The van der Waals surface area contributed by atoms with Crippen LogP contribution in [0.1, 0.15) is 15.9 Å². The average molecular weight is 387 g/mol. The van der Waals surface area contributed by atoms with Crippen molar-refractivity contribution in [3.8, 4) is 11.3 Å². The highest BCUT2D eigenvalue weighted by Gasteiger charge is 2.20. The number of hydrogen-bond donors (Lipinski definition) is 1. The molecule has 4 nitrogen and oxygen atoms in total. The molecule has 0 unspecified atom stereocenters. The van der Waals surface area contributed by atoms with Gasteiger partial charge in [-0.3, -0.25) is 4.79 Å². The largest absolute Gasteiger partial charge is 0.454 e. The van der Waals surface area contributed by atoms with Crippen LogP contribution in [0, 0.1) is 0 Å². The van der Waals surface area contributed by atoms with Crippen molar-refractivity contribution in [2.24, 2.45) is 0 Å². The van der Waals surface area contributed by atoms with Gasteiger partial charge in [0.25, 0.3) is 0 Å². The van der Waals surface area contributed by atoms with E-state index < -0.39 is 5.97 Å². The van der Waals surface area contributed by atoms with Gasteiger partial charge in [-0.05, 0) is 40.1 Å². The number of fused-ring (bicyclic) bond motifs is 1. The van der Waals surface area contributed by atoms with Crippen LogP contribution in [0.25, 0.3) is 28.2 Å². The monoisotopic (exact) mass is 387 g/mol. The Hall–Kier alpha value is -3.44. The molecule has 2 aromatic carbocycles. The quantitative estimate of drug-likeness (QED) is 0.276. The van der Waals surface area contributed by atoms with Gasteiger partial charge in [-0.15, -0.1) is 0 Å². The van der Waals surface area contributed by atoms with Crippen LogP contribution in [0.4, 0.5) is 0 Å². The molecule has 0 aliphatic heterocycles. The number of ketones is 1. The first-order valence-corrected chi connectivity index (χ1v) is 9.73. The van der Waals surface area contributed by atoms with Gasteiger partial charge < -0.3 is 9.72 Å². The Kier molecular flexibility index (Phi) is 5.17. The molecule has 0 atom stereocenters. The molecule has 4 rings (SSSR count). The summed E-state index contributed by atoms with van der Waals surface area (Å²) in [7, 11) is 0. The molecular weight excluding hydrogens is 370 g/mol. The SMILES string of the molecule is O=C(/C=C/c1ccsc1)OCC(=O)c1c(-c2ccccc2)[nH]c2ccccc12. The number of carbonyl (C=O) groups excluding carboxylic acids is 2. The maximum absolute atomic E-state index is 12.9. The molecule has 2 heterocycles. The van der Waals surface area contributed by atoms with E-state index in [1.165, 1.54) is 6.08 Å². The number of esters is 1. The fourth-order valence-corrected chi connectivity index (χ4v) is 3.67. The van der Waals surface area contributed by atoms with Crippen molar-refractivity contribution >= 4 is 40.1 Å². The summed E-state index contributed by atoms with van der Waals surface area (Å²) >= 11 is 1.55. The summed E-state index contributed by atoms with van der Waals surface area (Å²) in [6.07, 6.45) is 3.01. The van der Waals surface area contributed by atoms with Crippen LogP contribution in [0.15, 0.2) is 77.5 Å². The molecule has 1 N–H and O–H groups in total. The Labute approximate surface area is 166 Å². The number of rotatable bonds is 6. The Morgan fingerprint density at radius 2 is 1.79 bits per heavy atom. The van der Waals surface area contributed by atoms with Gasteiger partial charge in [-0.2, -0.15) is 11.3 Å². The topological polar surface area (TPSA) is 59.2 Å². The summed E-state index contributed by atoms with van der Waals surface area (Å²) in [5.41, 5.74) is 3.98. The molecule has 0 radical (unpaired) electrons. The molecule has 138 valence electrons. The Bertz CT molecular complexity index is 1140. The number of para-hydroxylation sites is 1. The second-order valence-corrected chi connectivity index (χ2v) is 6.99. The molecule has 5 heteroatoms. The summed E-state index contributed by atoms with van der Waals surface area (Å²) in [4.78, 5) is 28.2. The highest BCUT2D eigenvalue weighted by Crippen LogP contribution is 2.30. The van der Waals surface area contributed by atoms with Gasteiger partial charge in [0.1, 0.15) is 0 Å². The Morgan fingerprint density at radius 3 is 2.57 bits per heavy atom. The van der Waals surface area contributed by atoms with Gasteiger partial charge in [-0.25, -0.2) is 4.79 Å².